The zero-order valence-corrected chi connectivity index (χ0v) is 10.6. The van der Waals surface area contributed by atoms with E-state index < -0.39 is 0 Å². The van der Waals surface area contributed by atoms with Crippen molar-refractivity contribution >= 4 is 0 Å². The van der Waals surface area contributed by atoms with Gasteiger partial charge < -0.3 is 14.8 Å². The van der Waals surface area contributed by atoms with Crippen LogP contribution in [0, 0.1) is 0 Å². The van der Waals surface area contributed by atoms with E-state index in [-0.39, 0.29) is 6.10 Å². The highest BCUT2D eigenvalue weighted by molar-refractivity contribution is 5.40. The Morgan fingerprint density at radius 3 is 2.65 bits per heavy atom. The van der Waals surface area contributed by atoms with Crippen LogP contribution < -0.4 is 14.8 Å². The summed E-state index contributed by atoms with van der Waals surface area (Å²) >= 11 is 0. The molecule has 3 nitrogen and oxygen atoms in total. The summed E-state index contributed by atoms with van der Waals surface area (Å²) in [5, 5.41) is 3.51. The molecule has 0 aromatic heterocycles. The van der Waals surface area contributed by atoms with E-state index in [1.54, 1.807) is 0 Å². The van der Waals surface area contributed by atoms with Gasteiger partial charge in [-0.25, -0.2) is 0 Å². The monoisotopic (exact) mass is 235 g/mol. The molecule has 17 heavy (non-hydrogen) atoms. The summed E-state index contributed by atoms with van der Waals surface area (Å²) in [6, 6.07) is 8.42. The van der Waals surface area contributed by atoms with E-state index in [1.807, 2.05) is 24.3 Å². The van der Waals surface area contributed by atoms with Gasteiger partial charge in [-0.3, -0.25) is 0 Å². The predicted molar refractivity (Wildman–Crippen MR) is 68.7 cm³/mol. The quantitative estimate of drug-likeness (QED) is 0.851. The van der Waals surface area contributed by atoms with Gasteiger partial charge in [0.1, 0.15) is 12.7 Å². The van der Waals surface area contributed by atoms with Gasteiger partial charge in [0.2, 0.25) is 0 Å². The number of hydrogen-bond acceptors (Lipinski definition) is 3. The van der Waals surface area contributed by atoms with Crippen LogP contribution in [-0.2, 0) is 0 Å². The van der Waals surface area contributed by atoms with E-state index in [9.17, 15) is 0 Å². The Hall–Kier alpha value is -1.22. The standard InChI is InChI=1S/C14H21NO2/c1-3-11(4-2)15-9-12-10-16-13-7-5-6-8-14(13)17-12/h5-8,11-12,15H,3-4,9-10H2,1-2H3. The van der Waals surface area contributed by atoms with Crippen LogP contribution in [-0.4, -0.2) is 25.3 Å². The van der Waals surface area contributed by atoms with Crippen molar-refractivity contribution in [1.82, 2.24) is 5.32 Å². The first-order valence-corrected chi connectivity index (χ1v) is 6.45. The number of fused-ring (bicyclic) bond motifs is 1. The van der Waals surface area contributed by atoms with Gasteiger partial charge >= 0.3 is 0 Å². The van der Waals surface area contributed by atoms with Crippen molar-refractivity contribution in [2.24, 2.45) is 0 Å². The summed E-state index contributed by atoms with van der Waals surface area (Å²) < 4.78 is 11.6. The molecule has 1 aliphatic heterocycles. The molecule has 1 heterocycles. The minimum atomic E-state index is 0.116. The topological polar surface area (TPSA) is 30.5 Å². The number of hydrogen-bond donors (Lipinski definition) is 1. The fourth-order valence-corrected chi connectivity index (χ4v) is 2.04. The summed E-state index contributed by atoms with van der Waals surface area (Å²) in [5.74, 6) is 1.71. The van der Waals surface area contributed by atoms with E-state index in [0.717, 1.165) is 30.9 Å². The van der Waals surface area contributed by atoms with Gasteiger partial charge in [0, 0.05) is 12.6 Å². The molecule has 1 atom stereocenters. The molecule has 3 heteroatoms. The highest BCUT2D eigenvalue weighted by Crippen LogP contribution is 2.30. The van der Waals surface area contributed by atoms with Crippen LogP contribution >= 0.6 is 0 Å². The van der Waals surface area contributed by atoms with Crippen LogP contribution in [0.1, 0.15) is 26.7 Å². The fraction of sp³-hybridized carbons (Fsp3) is 0.571. The van der Waals surface area contributed by atoms with E-state index in [4.69, 9.17) is 9.47 Å². The third-order valence-electron chi connectivity index (χ3n) is 3.19. The maximum absolute atomic E-state index is 5.88. The van der Waals surface area contributed by atoms with Gasteiger partial charge in [-0.1, -0.05) is 26.0 Å². The predicted octanol–water partition coefficient (Wildman–Crippen LogP) is 2.60. The molecular weight excluding hydrogens is 214 g/mol. The molecule has 0 radical (unpaired) electrons. The lowest BCUT2D eigenvalue weighted by atomic mass is 10.1. The molecule has 1 N–H and O–H groups in total. The molecule has 2 rings (SSSR count). The minimum Gasteiger partial charge on any atom is -0.486 e. The second-order valence-corrected chi connectivity index (χ2v) is 4.42. The van der Waals surface area contributed by atoms with Gasteiger partial charge in [-0.05, 0) is 25.0 Å². The van der Waals surface area contributed by atoms with E-state index >= 15 is 0 Å². The van der Waals surface area contributed by atoms with Crippen LogP contribution in [0.15, 0.2) is 24.3 Å². The Bertz CT molecular complexity index is 350. The third kappa shape index (κ3) is 3.13. The molecule has 1 aromatic carbocycles. The lowest BCUT2D eigenvalue weighted by Crippen LogP contribution is -2.42. The average molecular weight is 235 g/mol. The van der Waals surface area contributed by atoms with E-state index in [1.165, 1.54) is 0 Å². The van der Waals surface area contributed by atoms with Gasteiger partial charge in [-0.15, -0.1) is 0 Å². The van der Waals surface area contributed by atoms with Gasteiger partial charge in [0.25, 0.3) is 0 Å². The highest BCUT2D eigenvalue weighted by atomic mass is 16.6. The normalized spacial score (nSPS) is 18.4. The van der Waals surface area contributed by atoms with Gasteiger partial charge in [0.15, 0.2) is 11.5 Å². The zero-order chi connectivity index (χ0) is 12.1. The largest absolute Gasteiger partial charge is 0.486 e. The second-order valence-electron chi connectivity index (χ2n) is 4.42. The van der Waals surface area contributed by atoms with Crippen LogP contribution in [0.3, 0.4) is 0 Å². The Balaban J connectivity index is 1.86. The van der Waals surface area contributed by atoms with E-state index in [2.05, 4.69) is 19.2 Å². The summed E-state index contributed by atoms with van der Waals surface area (Å²) in [7, 11) is 0. The molecule has 0 saturated carbocycles. The number of para-hydroxylation sites is 2. The maximum atomic E-state index is 5.88. The Morgan fingerprint density at radius 1 is 1.24 bits per heavy atom. The van der Waals surface area contributed by atoms with Crippen molar-refractivity contribution in [3.05, 3.63) is 24.3 Å². The van der Waals surface area contributed by atoms with Crippen molar-refractivity contribution in [1.29, 1.82) is 0 Å². The molecule has 94 valence electrons. The number of rotatable bonds is 5. The summed E-state index contributed by atoms with van der Waals surface area (Å²) in [6.07, 6.45) is 2.42. The lowest BCUT2D eigenvalue weighted by molar-refractivity contribution is 0.0879. The Morgan fingerprint density at radius 2 is 1.94 bits per heavy atom. The second kappa shape index (κ2) is 5.92. The maximum Gasteiger partial charge on any atom is 0.161 e. The Kier molecular flexibility index (Phi) is 4.26. The zero-order valence-electron chi connectivity index (χ0n) is 10.6. The van der Waals surface area contributed by atoms with Crippen LogP contribution in [0.2, 0.25) is 0 Å². The molecule has 0 bridgehead atoms. The minimum absolute atomic E-state index is 0.116. The van der Waals surface area contributed by atoms with Crippen LogP contribution in [0.25, 0.3) is 0 Å². The van der Waals surface area contributed by atoms with Crippen molar-refractivity contribution < 1.29 is 9.47 Å². The van der Waals surface area contributed by atoms with Gasteiger partial charge in [0.05, 0.1) is 0 Å². The first kappa shape index (κ1) is 12.2. The van der Waals surface area contributed by atoms with Crippen molar-refractivity contribution in [3.63, 3.8) is 0 Å². The molecule has 1 aliphatic rings. The fourth-order valence-electron chi connectivity index (χ4n) is 2.04. The Labute approximate surface area is 103 Å². The molecule has 0 spiro atoms. The summed E-state index contributed by atoms with van der Waals surface area (Å²) in [4.78, 5) is 0. The van der Waals surface area contributed by atoms with Gasteiger partial charge in [-0.2, -0.15) is 0 Å². The van der Waals surface area contributed by atoms with Crippen LogP contribution in [0.4, 0.5) is 0 Å². The smallest absolute Gasteiger partial charge is 0.161 e. The molecule has 0 fully saturated rings. The highest BCUT2D eigenvalue weighted by Gasteiger charge is 2.20. The lowest BCUT2D eigenvalue weighted by Gasteiger charge is -2.28. The van der Waals surface area contributed by atoms with E-state index in [0.29, 0.717) is 12.6 Å². The van der Waals surface area contributed by atoms with Crippen molar-refractivity contribution in [2.45, 2.75) is 38.8 Å². The SMILES string of the molecule is CCC(CC)NCC1COc2ccccc2O1. The number of ether oxygens (including phenoxy) is 2. The number of benzene rings is 1. The number of nitrogens with one attached hydrogen (secondary N) is 1. The van der Waals surface area contributed by atoms with Crippen LogP contribution in [0.5, 0.6) is 11.5 Å². The molecule has 0 saturated heterocycles. The molecule has 1 unspecified atom stereocenters. The first-order chi connectivity index (χ1) is 8.33. The third-order valence-corrected chi connectivity index (χ3v) is 3.19. The molecular formula is C14H21NO2. The first-order valence-electron chi connectivity index (χ1n) is 6.45. The molecule has 1 aromatic rings. The molecule has 0 aliphatic carbocycles. The summed E-state index contributed by atoms with van der Waals surface area (Å²) in [5.41, 5.74) is 0. The summed E-state index contributed by atoms with van der Waals surface area (Å²) in [6.45, 7) is 5.88. The average Bonchev–Trinajstić information content (AvgIpc) is 2.40. The van der Waals surface area contributed by atoms with Crippen molar-refractivity contribution in [2.75, 3.05) is 13.2 Å². The van der Waals surface area contributed by atoms with Crippen molar-refractivity contribution in [3.8, 4) is 11.5 Å². The molecule has 0 amide bonds.